The zero-order valence-electron chi connectivity index (χ0n) is 19.3. The van der Waals surface area contributed by atoms with Crippen molar-refractivity contribution >= 4 is 11.4 Å². The van der Waals surface area contributed by atoms with Crippen LogP contribution in [0.25, 0.3) is 0 Å². The average Bonchev–Trinajstić information content (AvgIpc) is 2.65. The van der Waals surface area contributed by atoms with Crippen LogP contribution in [0.1, 0.15) is 85.8 Å². The first kappa shape index (κ1) is 22.3. The summed E-state index contributed by atoms with van der Waals surface area (Å²) in [5, 5.41) is 7.45. The molecule has 2 nitrogen and oxygen atoms in total. The summed E-state index contributed by atoms with van der Waals surface area (Å²) in [7, 11) is 0. The van der Waals surface area contributed by atoms with E-state index >= 15 is 0 Å². The van der Waals surface area contributed by atoms with Gasteiger partial charge in [0.15, 0.2) is 0 Å². The van der Waals surface area contributed by atoms with E-state index in [0.29, 0.717) is 11.8 Å². The standard InChI is InChI=1S/C26H40N2/c1-9-19(5)23-15-17(3)13-21(7)25(23)27-11-12-28-26-22(8)14-18(4)16-24(26)20(6)10-2/h13-16,19-20,27-28H,9-12H2,1-8H3. The molecular weight excluding hydrogens is 340 g/mol. The molecule has 0 saturated carbocycles. The van der Waals surface area contributed by atoms with Gasteiger partial charge >= 0.3 is 0 Å². The molecule has 2 rings (SSSR count). The number of nitrogens with one attached hydrogen (secondary N) is 2. The number of rotatable bonds is 9. The van der Waals surface area contributed by atoms with E-state index in [2.05, 4.69) is 90.3 Å². The lowest BCUT2D eigenvalue weighted by molar-refractivity contribution is 0.731. The number of benzene rings is 2. The van der Waals surface area contributed by atoms with E-state index in [-0.39, 0.29) is 0 Å². The summed E-state index contributed by atoms with van der Waals surface area (Å²) in [6, 6.07) is 9.27. The molecule has 0 radical (unpaired) electrons. The summed E-state index contributed by atoms with van der Waals surface area (Å²) >= 11 is 0. The van der Waals surface area contributed by atoms with Crippen LogP contribution in [0.2, 0.25) is 0 Å². The normalized spacial score (nSPS) is 13.3. The van der Waals surface area contributed by atoms with E-state index in [4.69, 9.17) is 0 Å². The van der Waals surface area contributed by atoms with Gasteiger partial charge in [0.25, 0.3) is 0 Å². The Kier molecular flexibility index (Phi) is 7.98. The Balaban J connectivity index is 2.12. The van der Waals surface area contributed by atoms with E-state index in [9.17, 15) is 0 Å². The summed E-state index contributed by atoms with van der Waals surface area (Å²) < 4.78 is 0. The smallest absolute Gasteiger partial charge is 0.0405 e. The summed E-state index contributed by atoms with van der Waals surface area (Å²) in [4.78, 5) is 0. The van der Waals surface area contributed by atoms with Crippen LogP contribution < -0.4 is 10.6 Å². The molecule has 28 heavy (non-hydrogen) atoms. The third-order valence-corrected chi connectivity index (χ3v) is 6.04. The summed E-state index contributed by atoms with van der Waals surface area (Å²) in [6.07, 6.45) is 2.33. The second kappa shape index (κ2) is 10.0. The molecular formula is C26H40N2. The molecule has 0 aliphatic carbocycles. The lowest BCUT2D eigenvalue weighted by atomic mass is 9.92. The van der Waals surface area contributed by atoms with Crippen molar-refractivity contribution in [2.75, 3.05) is 23.7 Å². The number of anilines is 2. The van der Waals surface area contributed by atoms with Gasteiger partial charge in [-0.15, -0.1) is 0 Å². The molecule has 0 spiro atoms. The van der Waals surface area contributed by atoms with Gasteiger partial charge < -0.3 is 10.6 Å². The molecule has 2 unspecified atom stereocenters. The minimum atomic E-state index is 0.574. The van der Waals surface area contributed by atoms with Crippen LogP contribution in [-0.4, -0.2) is 13.1 Å². The first-order chi connectivity index (χ1) is 13.3. The first-order valence-electron chi connectivity index (χ1n) is 11.0. The Labute approximate surface area is 173 Å². The van der Waals surface area contributed by atoms with Gasteiger partial charge in [-0.2, -0.15) is 0 Å². The third kappa shape index (κ3) is 5.31. The predicted octanol–water partition coefficient (Wildman–Crippen LogP) is 7.47. The molecule has 2 N–H and O–H groups in total. The number of hydrogen-bond acceptors (Lipinski definition) is 2. The molecule has 0 aliphatic rings. The molecule has 0 bridgehead atoms. The largest absolute Gasteiger partial charge is 0.383 e. The van der Waals surface area contributed by atoms with E-state index < -0.39 is 0 Å². The van der Waals surface area contributed by atoms with Crippen molar-refractivity contribution in [3.63, 3.8) is 0 Å². The van der Waals surface area contributed by atoms with Gasteiger partial charge in [-0.1, -0.05) is 63.1 Å². The van der Waals surface area contributed by atoms with Crippen molar-refractivity contribution in [3.05, 3.63) is 57.6 Å². The molecule has 0 aliphatic heterocycles. The highest BCUT2D eigenvalue weighted by atomic mass is 15.0. The molecule has 2 heteroatoms. The van der Waals surface area contributed by atoms with E-state index in [0.717, 1.165) is 25.9 Å². The maximum Gasteiger partial charge on any atom is 0.0405 e. The molecule has 2 aromatic rings. The highest BCUT2D eigenvalue weighted by Gasteiger charge is 2.14. The first-order valence-corrected chi connectivity index (χ1v) is 11.0. The predicted molar refractivity (Wildman–Crippen MR) is 126 cm³/mol. The van der Waals surface area contributed by atoms with Crippen molar-refractivity contribution < 1.29 is 0 Å². The molecule has 0 heterocycles. The van der Waals surface area contributed by atoms with E-state index in [1.807, 2.05) is 0 Å². The summed E-state index contributed by atoms with van der Waals surface area (Å²) in [6.45, 7) is 19.9. The molecule has 0 fully saturated rings. The van der Waals surface area contributed by atoms with Gasteiger partial charge in [0.05, 0.1) is 0 Å². The molecule has 0 aromatic heterocycles. The third-order valence-electron chi connectivity index (χ3n) is 6.04. The molecule has 0 saturated heterocycles. The van der Waals surface area contributed by atoms with Crippen molar-refractivity contribution in [2.24, 2.45) is 0 Å². The van der Waals surface area contributed by atoms with Crippen LogP contribution in [0.3, 0.4) is 0 Å². The Hall–Kier alpha value is -1.96. The highest BCUT2D eigenvalue weighted by Crippen LogP contribution is 2.32. The SMILES string of the molecule is CCC(C)c1cc(C)cc(C)c1NCCNc1c(C)cc(C)cc1C(C)CC. The minimum absolute atomic E-state index is 0.574. The van der Waals surface area contributed by atoms with Crippen molar-refractivity contribution in [2.45, 2.75) is 80.1 Å². The zero-order chi connectivity index (χ0) is 20.8. The summed E-state index contributed by atoms with van der Waals surface area (Å²) in [5.74, 6) is 1.15. The lowest BCUT2D eigenvalue weighted by Crippen LogP contribution is -2.17. The van der Waals surface area contributed by atoms with Crippen LogP contribution in [0.4, 0.5) is 11.4 Å². The maximum absolute atomic E-state index is 3.73. The Bertz CT molecular complexity index is 724. The van der Waals surface area contributed by atoms with Crippen LogP contribution >= 0.6 is 0 Å². The fourth-order valence-electron chi connectivity index (χ4n) is 4.08. The van der Waals surface area contributed by atoms with Gasteiger partial charge in [-0.3, -0.25) is 0 Å². The zero-order valence-corrected chi connectivity index (χ0v) is 19.3. The van der Waals surface area contributed by atoms with Crippen molar-refractivity contribution in [1.82, 2.24) is 0 Å². The van der Waals surface area contributed by atoms with Crippen molar-refractivity contribution in [1.29, 1.82) is 0 Å². The molecule has 2 aromatic carbocycles. The second-order valence-corrected chi connectivity index (χ2v) is 8.56. The average molecular weight is 381 g/mol. The van der Waals surface area contributed by atoms with Crippen LogP contribution in [-0.2, 0) is 0 Å². The van der Waals surface area contributed by atoms with Gasteiger partial charge in [0.1, 0.15) is 0 Å². The summed E-state index contributed by atoms with van der Waals surface area (Å²) in [5.41, 5.74) is 11.0. The van der Waals surface area contributed by atoms with Crippen molar-refractivity contribution in [3.8, 4) is 0 Å². The molecule has 0 amide bonds. The number of aryl methyl sites for hydroxylation is 4. The Morgan fingerprint density at radius 3 is 1.32 bits per heavy atom. The van der Waals surface area contributed by atoms with Gasteiger partial charge in [-0.05, 0) is 74.6 Å². The second-order valence-electron chi connectivity index (χ2n) is 8.56. The lowest BCUT2D eigenvalue weighted by Gasteiger charge is -2.22. The minimum Gasteiger partial charge on any atom is -0.383 e. The monoisotopic (exact) mass is 380 g/mol. The fourth-order valence-corrected chi connectivity index (χ4v) is 4.08. The highest BCUT2D eigenvalue weighted by molar-refractivity contribution is 5.62. The van der Waals surface area contributed by atoms with Crippen LogP contribution in [0, 0.1) is 27.7 Å². The van der Waals surface area contributed by atoms with E-state index in [1.54, 1.807) is 0 Å². The molecule has 2 atom stereocenters. The fraction of sp³-hybridized carbons (Fsp3) is 0.538. The van der Waals surface area contributed by atoms with E-state index in [1.165, 1.54) is 44.8 Å². The quantitative estimate of drug-likeness (QED) is 0.441. The maximum atomic E-state index is 3.73. The van der Waals surface area contributed by atoms with Gasteiger partial charge in [0, 0.05) is 24.5 Å². The topological polar surface area (TPSA) is 24.1 Å². The Morgan fingerprint density at radius 2 is 1.00 bits per heavy atom. The van der Waals surface area contributed by atoms with Crippen LogP contribution in [0.15, 0.2) is 24.3 Å². The van der Waals surface area contributed by atoms with Gasteiger partial charge in [0.2, 0.25) is 0 Å². The van der Waals surface area contributed by atoms with Gasteiger partial charge in [-0.25, -0.2) is 0 Å². The molecule has 154 valence electrons. The van der Waals surface area contributed by atoms with Crippen LogP contribution in [0.5, 0.6) is 0 Å². The number of hydrogen-bond donors (Lipinski definition) is 2. The Morgan fingerprint density at radius 1 is 0.643 bits per heavy atom.